The number of urea groups is 1. The number of likely N-dealkylation sites (tertiary alicyclic amines) is 1. The standard InChI is InChI=1S/C22H29N3O/c1-17-8-6-7-11-21(17)18(2)23-22(26)24-20-12-14-25(15-13-20)16-19-9-4-3-5-10-19/h3-11,18,20H,12-16H2,1-2H3,(H2,23,24,26). The van der Waals surface area contributed by atoms with E-state index in [1.165, 1.54) is 16.7 Å². The number of nitrogens with zero attached hydrogens (tertiary/aromatic N) is 1. The van der Waals surface area contributed by atoms with Gasteiger partial charge in [0.05, 0.1) is 6.04 Å². The van der Waals surface area contributed by atoms with Crippen molar-refractivity contribution in [3.05, 3.63) is 71.3 Å². The van der Waals surface area contributed by atoms with Crippen LogP contribution in [0, 0.1) is 6.92 Å². The fraction of sp³-hybridized carbons (Fsp3) is 0.409. The Labute approximate surface area is 156 Å². The van der Waals surface area contributed by atoms with Crippen LogP contribution in [0.4, 0.5) is 4.79 Å². The maximum Gasteiger partial charge on any atom is 0.315 e. The summed E-state index contributed by atoms with van der Waals surface area (Å²) < 4.78 is 0. The van der Waals surface area contributed by atoms with Crippen molar-refractivity contribution in [1.29, 1.82) is 0 Å². The molecule has 1 aliphatic heterocycles. The number of amides is 2. The van der Waals surface area contributed by atoms with E-state index in [2.05, 4.69) is 64.9 Å². The smallest absolute Gasteiger partial charge is 0.315 e. The number of rotatable bonds is 5. The molecule has 3 rings (SSSR count). The maximum atomic E-state index is 12.3. The first-order valence-corrected chi connectivity index (χ1v) is 9.50. The molecule has 0 bridgehead atoms. The SMILES string of the molecule is Cc1ccccc1C(C)NC(=O)NC1CCN(Cc2ccccc2)CC1. The number of piperidine rings is 1. The number of benzene rings is 2. The highest BCUT2D eigenvalue weighted by atomic mass is 16.2. The molecule has 2 aromatic rings. The molecule has 1 unspecified atom stereocenters. The first-order valence-electron chi connectivity index (χ1n) is 9.50. The molecule has 0 saturated carbocycles. The molecule has 1 atom stereocenters. The average molecular weight is 351 g/mol. The number of aryl methyl sites for hydroxylation is 1. The van der Waals surface area contributed by atoms with Gasteiger partial charge < -0.3 is 10.6 Å². The Morgan fingerprint density at radius 3 is 2.42 bits per heavy atom. The lowest BCUT2D eigenvalue weighted by atomic mass is 10.0. The lowest BCUT2D eigenvalue weighted by Gasteiger charge is -2.32. The molecule has 1 aliphatic rings. The summed E-state index contributed by atoms with van der Waals surface area (Å²) in [6.45, 7) is 7.14. The van der Waals surface area contributed by atoms with Crippen LogP contribution in [0.25, 0.3) is 0 Å². The number of carbonyl (C=O) groups excluding carboxylic acids is 1. The summed E-state index contributed by atoms with van der Waals surface area (Å²) in [4.78, 5) is 14.8. The van der Waals surface area contributed by atoms with E-state index in [9.17, 15) is 4.79 Å². The van der Waals surface area contributed by atoms with Crippen molar-refractivity contribution in [2.24, 2.45) is 0 Å². The van der Waals surface area contributed by atoms with Gasteiger partial charge in [0.2, 0.25) is 0 Å². The fourth-order valence-electron chi connectivity index (χ4n) is 3.65. The molecule has 138 valence electrons. The topological polar surface area (TPSA) is 44.4 Å². The first-order chi connectivity index (χ1) is 12.6. The molecule has 4 nitrogen and oxygen atoms in total. The zero-order chi connectivity index (χ0) is 18.4. The molecule has 0 radical (unpaired) electrons. The molecule has 0 aromatic heterocycles. The minimum Gasteiger partial charge on any atom is -0.335 e. The lowest BCUT2D eigenvalue weighted by Crippen LogP contribution is -2.48. The maximum absolute atomic E-state index is 12.3. The van der Waals surface area contributed by atoms with Gasteiger partial charge in [-0.2, -0.15) is 0 Å². The summed E-state index contributed by atoms with van der Waals surface area (Å²) >= 11 is 0. The molecule has 1 heterocycles. The van der Waals surface area contributed by atoms with E-state index in [4.69, 9.17) is 0 Å². The Balaban J connectivity index is 1.43. The molecule has 1 saturated heterocycles. The van der Waals surface area contributed by atoms with Gasteiger partial charge in [-0.25, -0.2) is 4.79 Å². The van der Waals surface area contributed by atoms with Crippen molar-refractivity contribution in [3.8, 4) is 0 Å². The van der Waals surface area contributed by atoms with E-state index in [-0.39, 0.29) is 18.1 Å². The van der Waals surface area contributed by atoms with Crippen molar-refractivity contribution in [2.45, 2.75) is 45.3 Å². The van der Waals surface area contributed by atoms with Crippen LogP contribution in [-0.2, 0) is 6.54 Å². The quantitative estimate of drug-likeness (QED) is 0.854. The zero-order valence-corrected chi connectivity index (χ0v) is 15.7. The Morgan fingerprint density at radius 2 is 1.73 bits per heavy atom. The predicted molar refractivity (Wildman–Crippen MR) is 106 cm³/mol. The van der Waals surface area contributed by atoms with Crippen LogP contribution in [0.5, 0.6) is 0 Å². The third kappa shape index (κ3) is 5.09. The van der Waals surface area contributed by atoms with E-state index in [0.29, 0.717) is 0 Å². The molecule has 0 aliphatic carbocycles. The van der Waals surface area contributed by atoms with E-state index in [1.54, 1.807) is 0 Å². The number of hydrogen-bond donors (Lipinski definition) is 2. The van der Waals surface area contributed by atoms with Crippen LogP contribution in [0.3, 0.4) is 0 Å². The summed E-state index contributed by atoms with van der Waals surface area (Å²) in [6, 6.07) is 19.0. The highest BCUT2D eigenvalue weighted by Crippen LogP contribution is 2.17. The summed E-state index contributed by atoms with van der Waals surface area (Å²) in [7, 11) is 0. The van der Waals surface area contributed by atoms with E-state index in [0.717, 1.165) is 32.5 Å². The average Bonchev–Trinajstić information content (AvgIpc) is 2.64. The second kappa shape index (κ2) is 8.86. The second-order valence-electron chi connectivity index (χ2n) is 7.23. The van der Waals surface area contributed by atoms with E-state index < -0.39 is 0 Å². The third-order valence-electron chi connectivity index (χ3n) is 5.17. The normalized spacial score (nSPS) is 16.8. The molecule has 2 aromatic carbocycles. The van der Waals surface area contributed by atoms with Crippen LogP contribution in [-0.4, -0.2) is 30.1 Å². The van der Waals surface area contributed by atoms with Crippen LogP contribution in [0.1, 0.15) is 42.5 Å². The molecule has 1 fully saturated rings. The number of carbonyl (C=O) groups is 1. The third-order valence-corrected chi connectivity index (χ3v) is 5.17. The van der Waals surface area contributed by atoms with Gasteiger partial charge in [-0.1, -0.05) is 54.6 Å². The van der Waals surface area contributed by atoms with Gasteiger partial charge in [0.25, 0.3) is 0 Å². The summed E-state index contributed by atoms with van der Waals surface area (Å²) in [6.07, 6.45) is 2.00. The molecule has 4 heteroatoms. The molecule has 0 spiro atoms. The van der Waals surface area contributed by atoms with Gasteiger partial charge in [0, 0.05) is 25.7 Å². The Hall–Kier alpha value is -2.33. The minimum atomic E-state index is -0.0673. The van der Waals surface area contributed by atoms with Gasteiger partial charge in [-0.15, -0.1) is 0 Å². The number of hydrogen-bond acceptors (Lipinski definition) is 2. The van der Waals surface area contributed by atoms with Crippen molar-refractivity contribution >= 4 is 6.03 Å². The van der Waals surface area contributed by atoms with Crippen molar-refractivity contribution in [3.63, 3.8) is 0 Å². The van der Waals surface area contributed by atoms with Crippen LogP contribution >= 0.6 is 0 Å². The molecular weight excluding hydrogens is 322 g/mol. The lowest BCUT2D eigenvalue weighted by molar-refractivity contribution is 0.186. The first kappa shape index (κ1) is 18.5. The molecule has 2 N–H and O–H groups in total. The van der Waals surface area contributed by atoms with Crippen LogP contribution in [0.15, 0.2) is 54.6 Å². The fourth-order valence-corrected chi connectivity index (χ4v) is 3.65. The Bertz CT molecular complexity index is 708. The van der Waals surface area contributed by atoms with Crippen LogP contribution < -0.4 is 10.6 Å². The van der Waals surface area contributed by atoms with Gasteiger partial charge >= 0.3 is 6.03 Å². The molecule has 2 amide bonds. The second-order valence-corrected chi connectivity index (χ2v) is 7.23. The van der Waals surface area contributed by atoms with Gasteiger partial charge in [0.15, 0.2) is 0 Å². The summed E-state index contributed by atoms with van der Waals surface area (Å²) in [5.41, 5.74) is 3.72. The van der Waals surface area contributed by atoms with Crippen molar-refractivity contribution in [2.75, 3.05) is 13.1 Å². The van der Waals surface area contributed by atoms with Gasteiger partial charge in [-0.3, -0.25) is 4.90 Å². The Kier molecular flexibility index (Phi) is 6.29. The van der Waals surface area contributed by atoms with Crippen molar-refractivity contribution in [1.82, 2.24) is 15.5 Å². The molecular formula is C22H29N3O. The monoisotopic (exact) mass is 351 g/mol. The predicted octanol–water partition coefficient (Wildman–Crippen LogP) is 4.02. The van der Waals surface area contributed by atoms with Crippen molar-refractivity contribution < 1.29 is 4.79 Å². The minimum absolute atomic E-state index is 0.00868. The Morgan fingerprint density at radius 1 is 1.08 bits per heavy atom. The van der Waals surface area contributed by atoms with E-state index >= 15 is 0 Å². The molecule has 26 heavy (non-hydrogen) atoms. The van der Waals surface area contributed by atoms with Crippen LogP contribution in [0.2, 0.25) is 0 Å². The highest BCUT2D eigenvalue weighted by Gasteiger charge is 2.21. The number of nitrogens with one attached hydrogen (secondary N) is 2. The van der Waals surface area contributed by atoms with Gasteiger partial charge in [0.1, 0.15) is 0 Å². The summed E-state index contributed by atoms with van der Waals surface area (Å²) in [5.74, 6) is 0. The van der Waals surface area contributed by atoms with E-state index in [1.807, 2.05) is 19.1 Å². The largest absolute Gasteiger partial charge is 0.335 e. The zero-order valence-electron chi connectivity index (χ0n) is 15.7. The highest BCUT2D eigenvalue weighted by molar-refractivity contribution is 5.74. The van der Waals surface area contributed by atoms with Gasteiger partial charge in [-0.05, 0) is 43.4 Å². The summed E-state index contributed by atoms with van der Waals surface area (Å²) in [5, 5.41) is 6.22.